The van der Waals surface area contributed by atoms with Gasteiger partial charge in [0.2, 0.25) is 5.12 Å². The number of rotatable bonds is 3. The first-order valence-corrected chi connectivity index (χ1v) is 8.14. The van der Waals surface area contributed by atoms with E-state index in [9.17, 15) is 19.7 Å². The van der Waals surface area contributed by atoms with Gasteiger partial charge in [0.25, 0.3) is 10.9 Å². The summed E-state index contributed by atoms with van der Waals surface area (Å²) in [5, 5.41) is 12.7. The Labute approximate surface area is 136 Å². The van der Waals surface area contributed by atoms with Gasteiger partial charge >= 0.3 is 0 Å². The summed E-state index contributed by atoms with van der Waals surface area (Å²) in [5.74, 6) is 0. The highest BCUT2D eigenvalue weighted by atomic mass is 32.2. The van der Waals surface area contributed by atoms with Crippen LogP contribution in [0.3, 0.4) is 0 Å². The summed E-state index contributed by atoms with van der Waals surface area (Å²) < 4.78 is 0. The molecule has 1 amide bonds. The number of nitrogens with zero attached hydrogens (tertiary/aromatic N) is 2. The van der Waals surface area contributed by atoms with Crippen LogP contribution in [0.2, 0.25) is 0 Å². The van der Waals surface area contributed by atoms with Gasteiger partial charge in [-0.05, 0) is 31.4 Å². The van der Waals surface area contributed by atoms with Crippen LogP contribution in [-0.4, -0.2) is 28.4 Å². The van der Waals surface area contributed by atoms with Crippen LogP contribution in [0, 0.1) is 10.1 Å². The Balaban J connectivity index is 2.02. The summed E-state index contributed by atoms with van der Waals surface area (Å²) in [6.07, 6.45) is 4.83. The van der Waals surface area contributed by atoms with Gasteiger partial charge < -0.3 is 10.2 Å². The van der Waals surface area contributed by atoms with Crippen molar-refractivity contribution in [3.05, 3.63) is 39.6 Å². The van der Waals surface area contributed by atoms with Gasteiger partial charge in [0.1, 0.15) is 0 Å². The molecule has 8 heteroatoms. The van der Waals surface area contributed by atoms with Crippen LogP contribution in [0.25, 0.3) is 6.08 Å². The van der Waals surface area contributed by atoms with Crippen LogP contribution in [0.4, 0.5) is 16.2 Å². The molecule has 2 heterocycles. The second-order valence-corrected chi connectivity index (χ2v) is 6.35. The zero-order valence-corrected chi connectivity index (χ0v) is 13.1. The summed E-state index contributed by atoms with van der Waals surface area (Å²) in [6, 6.07) is 4.62. The molecule has 0 aliphatic carbocycles. The molecule has 7 nitrogen and oxygen atoms in total. The van der Waals surface area contributed by atoms with Crippen LogP contribution < -0.4 is 10.2 Å². The third-order valence-corrected chi connectivity index (χ3v) is 4.55. The summed E-state index contributed by atoms with van der Waals surface area (Å²) in [7, 11) is 0. The zero-order chi connectivity index (χ0) is 16.4. The van der Waals surface area contributed by atoms with Gasteiger partial charge in [0, 0.05) is 48.2 Å². The second-order valence-electron chi connectivity index (χ2n) is 5.41. The molecule has 0 unspecified atom stereocenters. The van der Waals surface area contributed by atoms with Crippen LogP contribution >= 0.6 is 11.8 Å². The fraction of sp³-hybridized carbons (Fsp3) is 0.333. The van der Waals surface area contributed by atoms with E-state index < -0.39 is 10.2 Å². The number of thioether (sulfide) groups is 1. The smallest absolute Gasteiger partial charge is 0.291 e. The van der Waals surface area contributed by atoms with Crippen LogP contribution in [0.1, 0.15) is 24.8 Å². The number of carbonyl (C=O) groups excluding carboxylic acids is 2. The lowest BCUT2D eigenvalue weighted by Gasteiger charge is -2.30. The molecule has 0 atom stereocenters. The van der Waals surface area contributed by atoms with E-state index in [4.69, 9.17) is 0 Å². The topological polar surface area (TPSA) is 92.5 Å². The maximum absolute atomic E-state index is 11.8. The zero-order valence-electron chi connectivity index (χ0n) is 12.3. The first kappa shape index (κ1) is 15.5. The van der Waals surface area contributed by atoms with Crippen molar-refractivity contribution in [3.8, 4) is 0 Å². The first-order valence-electron chi connectivity index (χ1n) is 7.33. The van der Waals surface area contributed by atoms with Gasteiger partial charge in [-0.3, -0.25) is 19.7 Å². The van der Waals surface area contributed by atoms with Gasteiger partial charge in [-0.15, -0.1) is 0 Å². The van der Waals surface area contributed by atoms with E-state index in [-0.39, 0.29) is 16.5 Å². The van der Waals surface area contributed by atoms with Gasteiger partial charge in [-0.2, -0.15) is 0 Å². The SMILES string of the molecule is O=C1NC(=Cc2cc([N+](=O)[O-])ccc2N2CCCCC2)C(=O)S1. The maximum atomic E-state index is 11.8. The number of nitro benzene ring substituents is 1. The predicted molar refractivity (Wildman–Crippen MR) is 88.3 cm³/mol. The number of nitrogens with one attached hydrogen (secondary N) is 1. The molecular formula is C15H15N3O4S. The highest BCUT2D eigenvalue weighted by Crippen LogP contribution is 2.31. The van der Waals surface area contributed by atoms with Gasteiger partial charge in [-0.25, -0.2) is 0 Å². The third kappa shape index (κ3) is 3.37. The van der Waals surface area contributed by atoms with Crippen LogP contribution in [0.15, 0.2) is 23.9 Å². The van der Waals surface area contributed by atoms with Crippen molar-refractivity contribution in [2.24, 2.45) is 0 Å². The number of piperidine rings is 1. The average molecular weight is 333 g/mol. The molecule has 0 spiro atoms. The van der Waals surface area contributed by atoms with E-state index >= 15 is 0 Å². The lowest BCUT2D eigenvalue weighted by atomic mass is 10.1. The van der Waals surface area contributed by atoms with Gasteiger partial charge in [0.15, 0.2) is 0 Å². The normalized spacial score (nSPS) is 20.0. The number of nitro groups is 1. The highest BCUT2D eigenvalue weighted by molar-refractivity contribution is 8.27. The van der Waals surface area contributed by atoms with Gasteiger partial charge in [0.05, 0.1) is 10.6 Å². The summed E-state index contributed by atoms with van der Waals surface area (Å²) in [6.45, 7) is 1.76. The van der Waals surface area contributed by atoms with E-state index in [1.165, 1.54) is 24.6 Å². The fourth-order valence-corrected chi connectivity index (χ4v) is 3.32. The molecular weight excluding hydrogens is 318 g/mol. The lowest BCUT2D eigenvalue weighted by Crippen LogP contribution is -2.30. The number of amides is 1. The third-order valence-electron chi connectivity index (χ3n) is 3.86. The Morgan fingerprint density at radius 1 is 1.22 bits per heavy atom. The minimum absolute atomic E-state index is 0.0398. The van der Waals surface area contributed by atoms with Crippen molar-refractivity contribution in [2.75, 3.05) is 18.0 Å². The van der Waals surface area contributed by atoms with Crippen molar-refractivity contribution >= 4 is 39.6 Å². The van der Waals surface area contributed by atoms with Crippen molar-refractivity contribution in [2.45, 2.75) is 19.3 Å². The molecule has 1 N–H and O–H groups in total. The van der Waals surface area contributed by atoms with Crippen molar-refractivity contribution in [1.82, 2.24) is 5.32 Å². The summed E-state index contributed by atoms with van der Waals surface area (Å²) in [4.78, 5) is 35.8. The van der Waals surface area contributed by atoms with Gasteiger partial charge in [-0.1, -0.05) is 0 Å². The second kappa shape index (κ2) is 6.41. The molecule has 1 aromatic carbocycles. The highest BCUT2D eigenvalue weighted by Gasteiger charge is 2.26. The minimum atomic E-state index is -0.466. The Morgan fingerprint density at radius 3 is 2.57 bits per heavy atom. The molecule has 1 aromatic rings. The average Bonchev–Trinajstić information content (AvgIpc) is 2.85. The molecule has 0 bridgehead atoms. The largest absolute Gasteiger partial charge is 0.371 e. The van der Waals surface area contributed by atoms with E-state index in [1.54, 1.807) is 6.07 Å². The lowest BCUT2D eigenvalue weighted by molar-refractivity contribution is -0.384. The minimum Gasteiger partial charge on any atom is -0.371 e. The Hall–Kier alpha value is -2.35. The Morgan fingerprint density at radius 2 is 1.96 bits per heavy atom. The fourth-order valence-electron chi connectivity index (χ4n) is 2.77. The standard InChI is InChI=1S/C15H15N3O4S/c19-14-12(16-15(20)23-14)9-10-8-11(18(21)22)4-5-13(10)17-6-2-1-3-7-17/h4-5,8-9H,1-3,6-7H2,(H,16,20). The Kier molecular flexibility index (Phi) is 4.33. The number of hydrogen-bond acceptors (Lipinski definition) is 6. The molecule has 0 radical (unpaired) electrons. The number of carbonyl (C=O) groups is 2. The molecule has 23 heavy (non-hydrogen) atoms. The predicted octanol–water partition coefficient (Wildman–Crippen LogP) is 2.91. The van der Waals surface area contributed by atoms with Crippen molar-refractivity contribution in [1.29, 1.82) is 0 Å². The monoisotopic (exact) mass is 333 g/mol. The number of benzene rings is 1. The molecule has 0 aromatic heterocycles. The van der Waals surface area contributed by atoms with E-state index in [1.807, 2.05) is 0 Å². The molecule has 2 saturated heterocycles. The van der Waals surface area contributed by atoms with E-state index in [0.29, 0.717) is 17.3 Å². The molecule has 2 aliphatic heterocycles. The number of hydrogen-bond donors (Lipinski definition) is 1. The molecule has 3 rings (SSSR count). The Bertz CT molecular complexity index is 711. The van der Waals surface area contributed by atoms with Crippen molar-refractivity contribution in [3.63, 3.8) is 0 Å². The molecule has 120 valence electrons. The van der Waals surface area contributed by atoms with E-state index in [0.717, 1.165) is 31.6 Å². The van der Waals surface area contributed by atoms with Crippen LogP contribution in [0.5, 0.6) is 0 Å². The van der Waals surface area contributed by atoms with Crippen LogP contribution in [-0.2, 0) is 4.79 Å². The maximum Gasteiger partial charge on any atom is 0.291 e. The molecule has 2 fully saturated rings. The number of non-ortho nitro benzene ring substituents is 1. The first-order chi connectivity index (χ1) is 11.0. The summed E-state index contributed by atoms with van der Waals surface area (Å²) in [5.41, 5.74) is 1.55. The molecule has 0 saturated carbocycles. The number of anilines is 1. The summed E-state index contributed by atoms with van der Waals surface area (Å²) >= 11 is 0.595. The molecule has 2 aliphatic rings. The van der Waals surface area contributed by atoms with E-state index in [2.05, 4.69) is 10.2 Å². The quantitative estimate of drug-likeness (QED) is 0.519. The van der Waals surface area contributed by atoms with Crippen molar-refractivity contribution < 1.29 is 14.5 Å².